The van der Waals surface area contributed by atoms with Crippen LogP contribution < -0.4 is 10.2 Å². The summed E-state index contributed by atoms with van der Waals surface area (Å²) in [5.41, 5.74) is -0.335. The second kappa shape index (κ2) is 13.8. The first-order chi connectivity index (χ1) is 19.4. The number of sulfonamides is 1. The number of hydrogen-bond donors (Lipinski definition) is 4. The van der Waals surface area contributed by atoms with Gasteiger partial charge in [-0.3, -0.25) is 20.1 Å². The predicted octanol–water partition coefficient (Wildman–Crippen LogP) is 5.54. The molecule has 0 radical (unpaired) electrons. The minimum Gasteiger partial charge on any atom is -0.504 e. The van der Waals surface area contributed by atoms with Gasteiger partial charge in [-0.2, -0.15) is 13.7 Å². The molecule has 0 aliphatic heterocycles. The normalized spacial score (nSPS) is 11.2. The molecule has 224 valence electrons. The molecule has 20 heteroatoms. The zero-order valence-corrected chi connectivity index (χ0v) is 26.6. The number of nitro groups is 1. The molecule has 0 heterocycles. The van der Waals surface area contributed by atoms with E-state index >= 15 is 0 Å². The van der Waals surface area contributed by atoms with Gasteiger partial charge in [-0.05, 0) is 46.3 Å². The Morgan fingerprint density at radius 3 is 2.10 bits per heavy atom. The van der Waals surface area contributed by atoms with E-state index in [0.717, 1.165) is 21.3 Å². The second-order valence-corrected chi connectivity index (χ2v) is 13.4. The van der Waals surface area contributed by atoms with Crippen molar-refractivity contribution >= 4 is 93.9 Å². The third-order valence-electron chi connectivity index (χ3n) is 4.98. The van der Waals surface area contributed by atoms with Gasteiger partial charge in [0.05, 0.1) is 26.3 Å². The molecule has 42 heavy (non-hydrogen) atoms. The lowest BCUT2D eigenvalue weighted by Crippen LogP contribution is -2.32. The summed E-state index contributed by atoms with van der Waals surface area (Å²) in [5.74, 6) is -1.04. The first-order valence-corrected chi connectivity index (χ1v) is 15.5. The molecular weight excluding hydrogens is 727 g/mol. The van der Waals surface area contributed by atoms with Crippen molar-refractivity contribution in [2.24, 2.45) is 0 Å². The largest absolute Gasteiger partial charge is 0.504 e. The highest BCUT2D eigenvalue weighted by Crippen LogP contribution is 2.38. The quantitative estimate of drug-likeness (QED) is 0.0359. The first kappa shape index (κ1) is 35.0. The number of aromatic hydroxyl groups is 1. The maximum absolute atomic E-state index is 12.4. The zero-order valence-electron chi connectivity index (χ0n) is 21.1. The highest BCUT2D eigenvalue weighted by Gasteiger charge is 2.28. The van der Waals surface area contributed by atoms with E-state index in [4.69, 9.17) is 44.8 Å². The van der Waals surface area contributed by atoms with Crippen LogP contribution in [0, 0.1) is 27.0 Å². The van der Waals surface area contributed by atoms with Gasteiger partial charge >= 0.3 is 0 Å². The van der Waals surface area contributed by atoms with Crippen LogP contribution in [0.1, 0.15) is 0 Å². The van der Waals surface area contributed by atoms with Crippen LogP contribution in [-0.4, -0.2) is 55.8 Å². The molecule has 0 bridgehead atoms. The van der Waals surface area contributed by atoms with Crippen molar-refractivity contribution in [3.05, 3.63) is 78.2 Å². The van der Waals surface area contributed by atoms with Crippen LogP contribution in [0.4, 0.5) is 17.1 Å². The maximum Gasteiger partial charge on any atom is 0.297 e. The molecule has 0 fully saturated rings. The number of para-hydroxylation sites is 1. The topological polar surface area (TPSA) is 218 Å². The predicted molar refractivity (Wildman–Crippen MR) is 161 cm³/mol. The Morgan fingerprint density at radius 2 is 1.60 bits per heavy atom. The third kappa shape index (κ3) is 7.79. The average Bonchev–Trinajstić information content (AvgIpc) is 2.86. The standard InChI is InChI=1S/C16H15BrClN5O3S.C6H3Cl2NO5S/c1-22(2)27(25,26)15-11(18)7-8-12(14(15)24)21-16(20)23(9-19)13-6-4-3-5-10(13)17;7-3-1-2-4(9(10)11)5(8)6(3)15(12,13)14/h3-8,24H,1-2H3,(H2,20,21);1-2H,(H,12,13,14). The number of nitro benzene ring substituents is 1. The number of anilines is 2. The molecule has 0 atom stereocenters. The first-order valence-electron chi connectivity index (χ1n) is 10.7. The van der Waals surface area contributed by atoms with E-state index in [9.17, 15) is 37.3 Å². The van der Waals surface area contributed by atoms with Gasteiger partial charge in [0.1, 0.15) is 14.8 Å². The van der Waals surface area contributed by atoms with Crippen molar-refractivity contribution < 1.29 is 31.4 Å². The third-order valence-corrected chi connectivity index (χ3v) is 9.83. The Balaban J connectivity index is 0.000000347. The van der Waals surface area contributed by atoms with Crippen molar-refractivity contribution in [3.63, 3.8) is 0 Å². The monoisotopic (exact) mass is 742 g/mol. The van der Waals surface area contributed by atoms with E-state index < -0.39 is 57.3 Å². The molecule has 4 N–H and O–H groups in total. The summed E-state index contributed by atoms with van der Waals surface area (Å²) in [6.45, 7) is 0. The van der Waals surface area contributed by atoms with E-state index in [1.165, 1.54) is 26.2 Å². The van der Waals surface area contributed by atoms with E-state index in [2.05, 4.69) is 21.2 Å². The molecule has 3 rings (SSSR count). The lowest BCUT2D eigenvalue weighted by molar-refractivity contribution is -0.384. The van der Waals surface area contributed by atoms with Crippen molar-refractivity contribution in [3.8, 4) is 11.9 Å². The number of rotatable bonds is 6. The van der Waals surface area contributed by atoms with E-state index in [1.54, 1.807) is 24.3 Å². The fraction of sp³-hybridized carbons (Fsp3) is 0.0909. The summed E-state index contributed by atoms with van der Waals surface area (Å²) in [6.07, 6.45) is 1.86. The number of phenols is 1. The lowest BCUT2D eigenvalue weighted by Gasteiger charge is -2.21. The molecule has 0 unspecified atom stereocenters. The smallest absolute Gasteiger partial charge is 0.297 e. The summed E-state index contributed by atoms with van der Waals surface area (Å²) >= 11 is 20.1. The van der Waals surface area contributed by atoms with Gasteiger partial charge in [0, 0.05) is 24.6 Å². The molecule has 0 saturated heterocycles. The number of halogens is 4. The number of benzene rings is 3. The Bertz CT molecular complexity index is 1820. The Morgan fingerprint density at radius 1 is 1.05 bits per heavy atom. The molecular formula is C22H18BrCl3N6O8S2. The molecule has 0 spiro atoms. The lowest BCUT2D eigenvalue weighted by atomic mass is 10.3. The van der Waals surface area contributed by atoms with Gasteiger partial charge in [0.25, 0.3) is 15.8 Å². The zero-order chi connectivity index (χ0) is 32.2. The van der Waals surface area contributed by atoms with Gasteiger partial charge in [0.15, 0.2) is 11.9 Å². The maximum atomic E-state index is 12.4. The fourth-order valence-corrected chi connectivity index (χ4v) is 6.63. The van der Waals surface area contributed by atoms with Gasteiger partial charge in [-0.1, -0.05) is 46.9 Å². The minimum absolute atomic E-state index is 0.0860. The van der Waals surface area contributed by atoms with Crippen LogP contribution in [0.25, 0.3) is 0 Å². The molecule has 0 aromatic heterocycles. The van der Waals surface area contributed by atoms with Crippen molar-refractivity contribution in [2.75, 3.05) is 24.3 Å². The number of guanidine groups is 1. The summed E-state index contributed by atoms with van der Waals surface area (Å²) in [7, 11) is -6.11. The molecule has 0 saturated carbocycles. The van der Waals surface area contributed by atoms with E-state index in [0.29, 0.717) is 10.2 Å². The van der Waals surface area contributed by atoms with Crippen LogP contribution >= 0.6 is 50.7 Å². The van der Waals surface area contributed by atoms with E-state index in [1.807, 2.05) is 6.19 Å². The number of phenolic OH excluding ortho intramolecular Hbond substituents is 1. The number of nitrogens with zero attached hydrogens (tertiary/aromatic N) is 4. The average molecular weight is 745 g/mol. The van der Waals surface area contributed by atoms with Crippen LogP contribution in [0.3, 0.4) is 0 Å². The number of hydrogen-bond acceptors (Lipinski definition) is 9. The highest BCUT2D eigenvalue weighted by atomic mass is 79.9. The summed E-state index contributed by atoms with van der Waals surface area (Å²) in [6, 6.07) is 11.3. The second-order valence-electron chi connectivity index (χ2n) is 7.86. The summed E-state index contributed by atoms with van der Waals surface area (Å²) < 4.78 is 56.6. The number of nitrogens with one attached hydrogen (secondary N) is 2. The van der Waals surface area contributed by atoms with Crippen LogP contribution in [-0.2, 0) is 20.1 Å². The van der Waals surface area contributed by atoms with Crippen molar-refractivity contribution in [2.45, 2.75) is 9.79 Å². The Labute approximate surface area is 263 Å². The molecule has 3 aromatic rings. The van der Waals surface area contributed by atoms with Gasteiger partial charge in [0.2, 0.25) is 16.0 Å². The number of nitriles is 1. The van der Waals surface area contributed by atoms with Crippen molar-refractivity contribution in [1.82, 2.24) is 4.31 Å². The van der Waals surface area contributed by atoms with Crippen LogP contribution in [0.5, 0.6) is 5.75 Å². The molecule has 0 aliphatic carbocycles. The van der Waals surface area contributed by atoms with Gasteiger partial charge in [-0.15, -0.1) is 0 Å². The van der Waals surface area contributed by atoms with Gasteiger partial charge in [-0.25, -0.2) is 17.6 Å². The Hall–Kier alpha value is -3.21. The molecule has 0 amide bonds. The summed E-state index contributed by atoms with van der Waals surface area (Å²) in [4.78, 5) is 9.15. The van der Waals surface area contributed by atoms with Crippen LogP contribution in [0.15, 0.2) is 62.8 Å². The molecule has 0 aliphatic rings. The van der Waals surface area contributed by atoms with Crippen LogP contribution in [0.2, 0.25) is 15.1 Å². The van der Waals surface area contributed by atoms with Crippen molar-refractivity contribution in [1.29, 1.82) is 10.7 Å². The molecule has 14 nitrogen and oxygen atoms in total. The fourth-order valence-electron chi connectivity index (χ4n) is 3.02. The minimum atomic E-state index is -4.69. The highest BCUT2D eigenvalue weighted by molar-refractivity contribution is 9.10. The molecule has 3 aromatic carbocycles. The Kier molecular flexibility index (Phi) is 11.5. The van der Waals surface area contributed by atoms with E-state index in [-0.39, 0.29) is 15.7 Å². The summed E-state index contributed by atoms with van der Waals surface area (Å²) in [5, 5.41) is 39.7. The van der Waals surface area contributed by atoms with Gasteiger partial charge < -0.3 is 10.4 Å². The SMILES string of the molecule is CN(C)S(=O)(=O)c1c(Cl)ccc(NC(=N)N(C#N)c2ccccc2Br)c1O.O=[N+]([O-])c1ccc(Cl)c(S(=O)(=O)O)c1Cl.